The number of hydrogen-bond acceptors (Lipinski definition) is 3. The van der Waals surface area contributed by atoms with Crippen molar-refractivity contribution in [3.8, 4) is 5.75 Å². The van der Waals surface area contributed by atoms with E-state index in [1.54, 1.807) is 12.1 Å². The van der Waals surface area contributed by atoms with Crippen molar-refractivity contribution in [2.24, 2.45) is 5.73 Å². The van der Waals surface area contributed by atoms with Gasteiger partial charge in [-0.05, 0) is 24.6 Å². The van der Waals surface area contributed by atoms with E-state index in [2.05, 4.69) is 0 Å². The summed E-state index contributed by atoms with van der Waals surface area (Å²) < 4.78 is 0. The lowest BCUT2D eigenvalue weighted by molar-refractivity contribution is 0.133. The molecule has 0 bridgehead atoms. The normalized spacial score (nSPS) is 14.0. The van der Waals surface area contributed by atoms with Crippen LogP contribution in [0.3, 0.4) is 0 Å². The summed E-state index contributed by atoms with van der Waals surface area (Å²) in [7, 11) is 0. The Hall–Kier alpha value is -0.480. The molecule has 0 unspecified atom stereocenters. The third kappa shape index (κ3) is 3.83. The monoisotopic (exact) mass is 265 g/mol. The largest absolute Gasteiger partial charge is 0.508 e. The molecule has 0 spiro atoms. The minimum atomic E-state index is -0.653. The molecule has 0 aliphatic heterocycles. The second kappa shape index (κ2) is 6.97. The van der Waals surface area contributed by atoms with Gasteiger partial charge in [0.1, 0.15) is 5.75 Å². The number of aliphatic hydroxyl groups excluding tert-OH is 1. The Bertz CT molecular complexity index is 334. The van der Waals surface area contributed by atoms with Crippen LogP contribution < -0.4 is 5.73 Å². The Kier molecular flexibility index (Phi) is 6.76. The van der Waals surface area contributed by atoms with Gasteiger partial charge in [-0.15, -0.1) is 12.4 Å². The molecule has 5 heteroatoms. The van der Waals surface area contributed by atoms with Crippen molar-refractivity contribution >= 4 is 24.0 Å². The molecule has 0 radical (unpaired) electrons. The first-order valence-corrected chi connectivity index (χ1v) is 5.36. The maximum absolute atomic E-state index is 9.71. The van der Waals surface area contributed by atoms with E-state index in [4.69, 9.17) is 17.3 Å². The molecule has 0 aliphatic carbocycles. The summed E-state index contributed by atoms with van der Waals surface area (Å²) in [5, 5.41) is 19.8. The van der Waals surface area contributed by atoms with Gasteiger partial charge in [-0.3, -0.25) is 0 Å². The van der Waals surface area contributed by atoms with Crippen LogP contribution in [0.25, 0.3) is 0 Å². The van der Waals surface area contributed by atoms with Gasteiger partial charge in [0.05, 0.1) is 12.1 Å². The van der Waals surface area contributed by atoms with E-state index in [0.29, 0.717) is 17.0 Å². The summed E-state index contributed by atoms with van der Waals surface area (Å²) in [5.41, 5.74) is 6.31. The maximum atomic E-state index is 9.71. The van der Waals surface area contributed by atoms with E-state index in [1.165, 1.54) is 6.07 Å². The Morgan fingerprint density at radius 3 is 2.62 bits per heavy atom. The average Bonchev–Trinajstić information content (AvgIpc) is 2.21. The summed E-state index contributed by atoms with van der Waals surface area (Å²) in [5.74, 6) is 0.0713. The van der Waals surface area contributed by atoms with Crippen LogP contribution in [0, 0.1) is 0 Å². The molecule has 3 nitrogen and oxygen atoms in total. The minimum absolute atomic E-state index is 0. The van der Waals surface area contributed by atoms with E-state index in [-0.39, 0.29) is 18.2 Å². The van der Waals surface area contributed by atoms with Gasteiger partial charge in [0.2, 0.25) is 0 Å². The highest BCUT2D eigenvalue weighted by atomic mass is 35.5. The molecule has 0 aromatic heterocycles. The van der Waals surface area contributed by atoms with Gasteiger partial charge in [-0.1, -0.05) is 24.9 Å². The third-order valence-electron chi connectivity index (χ3n) is 2.35. The molecule has 2 atom stereocenters. The molecular weight excluding hydrogens is 249 g/mol. The highest BCUT2D eigenvalue weighted by Crippen LogP contribution is 2.28. The zero-order valence-corrected chi connectivity index (χ0v) is 10.6. The molecule has 0 saturated carbocycles. The number of phenolic OH excluding ortho intramolecular Hbond substituents is 1. The topological polar surface area (TPSA) is 66.5 Å². The van der Waals surface area contributed by atoms with Gasteiger partial charge in [0.25, 0.3) is 0 Å². The van der Waals surface area contributed by atoms with Crippen molar-refractivity contribution in [2.45, 2.75) is 31.9 Å². The first kappa shape index (κ1) is 15.5. The van der Waals surface area contributed by atoms with Gasteiger partial charge < -0.3 is 15.9 Å². The molecule has 0 saturated heterocycles. The fourth-order valence-electron chi connectivity index (χ4n) is 1.47. The van der Waals surface area contributed by atoms with E-state index in [9.17, 15) is 10.2 Å². The molecule has 16 heavy (non-hydrogen) atoms. The van der Waals surface area contributed by atoms with Crippen molar-refractivity contribution < 1.29 is 10.2 Å². The number of phenols is 1. The molecule has 1 aromatic carbocycles. The summed E-state index contributed by atoms with van der Waals surface area (Å²) >= 11 is 5.79. The predicted octanol–water partition coefficient (Wildman–Crippen LogP) is 2.63. The van der Waals surface area contributed by atoms with Crippen LogP contribution in [0.2, 0.25) is 5.02 Å². The number of benzene rings is 1. The number of rotatable bonds is 4. The second-order valence-electron chi connectivity index (χ2n) is 3.58. The van der Waals surface area contributed by atoms with E-state index in [0.717, 1.165) is 6.42 Å². The van der Waals surface area contributed by atoms with Crippen molar-refractivity contribution in [3.63, 3.8) is 0 Å². The van der Waals surface area contributed by atoms with Crippen LogP contribution >= 0.6 is 24.0 Å². The van der Waals surface area contributed by atoms with E-state index < -0.39 is 12.1 Å². The van der Waals surface area contributed by atoms with Gasteiger partial charge in [-0.25, -0.2) is 0 Å². The van der Waals surface area contributed by atoms with Crippen molar-refractivity contribution in [1.82, 2.24) is 0 Å². The molecule has 4 N–H and O–H groups in total. The predicted molar refractivity (Wildman–Crippen MR) is 68.2 cm³/mol. The fourth-order valence-corrected chi connectivity index (χ4v) is 1.66. The number of aliphatic hydroxyl groups is 1. The number of halogens is 2. The number of hydrogen-bond donors (Lipinski definition) is 3. The molecule has 0 aliphatic rings. The van der Waals surface area contributed by atoms with Gasteiger partial charge in [-0.2, -0.15) is 0 Å². The van der Waals surface area contributed by atoms with E-state index in [1.807, 2.05) is 6.92 Å². The zero-order valence-electron chi connectivity index (χ0n) is 9.06. The van der Waals surface area contributed by atoms with Crippen LogP contribution in [0.1, 0.15) is 31.4 Å². The van der Waals surface area contributed by atoms with Crippen molar-refractivity contribution in [1.29, 1.82) is 0 Å². The zero-order chi connectivity index (χ0) is 11.4. The number of nitrogens with two attached hydrogens (primary N) is 1. The molecular formula is C11H17Cl2NO2. The smallest absolute Gasteiger partial charge is 0.120 e. The third-order valence-corrected chi connectivity index (χ3v) is 2.58. The first-order valence-electron chi connectivity index (χ1n) is 4.98. The summed E-state index contributed by atoms with van der Waals surface area (Å²) in [4.78, 5) is 0. The second-order valence-corrected chi connectivity index (χ2v) is 4.02. The standard InChI is InChI=1S/C11H16ClNO2.ClH/c1-2-3-10(15)11(13)8-6-7(12)4-5-9(8)14;/h4-6,10-11,14-15H,2-3,13H2,1H3;1H/t10-,11+;/m1./s1. The van der Waals surface area contributed by atoms with Crippen LogP contribution in [0.15, 0.2) is 18.2 Å². The molecule has 1 rings (SSSR count). The average molecular weight is 266 g/mol. The van der Waals surface area contributed by atoms with Crippen molar-refractivity contribution in [3.05, 3.63) is 28.8 Å². The fraction of sp³-hybridized carbons (Fsp3) is 0.455. The first-order chi connectivity index (χ1) is 7.06. The van der Waals surface area contributed by atoms with Gasteiger partial charge in [0, 0.05) is 10.6 Å². The highest BCUT2D eigenvalue weighted by Gasteiger charge is 2.19. The quantitative estimate of drug-likeness (QED) is 0.784. The van der Waals surface area contributed by atoms with Crippen LogP contribution in [-0.4, -0.2) is 16.3 Å². The summed E-state index contributed by atoms with van der Waals surface area (Å²) in [6, 6.07) is 4.05. The molecule has 0 fully saturated rings. The lowest BCUT2D eigenvalue weighted by Crippen LogP contribution is -2.26. The Balaban J connectivity index is 0.00000225. The van der Waals surface area contributed by atoms with Crippen LogP contribution in [0.5, 0.6) is 5.75 Å². The minimum Gasteiger partial charge on any atom is -0.508 e. The molecule has 1 aromatic rings. The Labute approximate surface area is 107 Å². The number of aromatic hydroxyl groups is 1. The van der Waals surface area contributed by atoms with Crippen molar-refractivity contribution in [2.75, 3.05) is 0 Å². The Morgan fingerprint density at radius 2 is 2.06 bits per heavy atom. The molecule has 0 heterocycles. The Morgan fingerprint density at radius 1 is 1.44 bits per heavy atom. The SMILES string of the molecule is CCC[C@@H](O)[C@@H](N)c1cc(Cl)ccc1O.Cl. The molecule has 92 valence electrons. The maximum Gasteiger partial charge on any atom is 0.120 e. The lowest BCUT2D eigenvalue weighted by atomic mass is 9.98. The van der Waals surface area contributed by atoms with Gasteiger partial charge >= 0.3 is 0 Å². The highest BCUT2D eigenvalue weighted by molar-refractivity contribution is 6.30. The van der Waals surface area contributed by atoms with E-state index >= 15 is 0 Å². The molecule has 0 amide bonds. The summed E-state index contributed by atoms with van der Waals surface area (Å²) in [6.45, 7) is 1.97. The summed E-state index contributed by atoms with van der Waals surface area (Å²) in [6.07, 6.45) is 0.794. The lowest BCUT2D eigenvalue weighted by Gasteiger charge is -2.19. The van der Waals surface area contributed by atoms with Crippen LogP contribution in [0.4, 0.5) is 0 Å². The van der Waals surface area contributed by atoms with Gasteiger partial charge in [0.15, 0.2) is 0 Å². The van der Waals surface area contributed by atoms with Crippen LogP contribution in [-0.2, 0) is 0 Å².